The van der Waals surface area contributed by atoms with Gasteiger partial charge in [0.1, 0.15) is 5.82 Å². The molecule has 1 aliphatic heterocycles. The molecule has 3 N–H and O–H groups in total. The molecule has 0 saturated heterocycles. The van der Waals surface area contributed by atoms with Gasteiger partial charge < -0.3 is 16.0 Å². The number of amides is 1. The SMILES string of the molecule is CC(C)c1nc(Nc2ccccc2)nc(Nc2ccc3c(c2)NC(=O)C3)n1. The van der Waals surface area contributed by atoms with E-state index >= 15 is 0 Å². The Morgan fingerprint density at radius 3 is 2.33 bits per heavy atom. The third kappa shape index (κ3) is 3.87. The molecule has 0 bridgehead atoms. The summed E-state index contributed by atoms with van der Waals surface area (Å²) in [6, 6.07) is 15.5. The second kappa shape index (κ2) is 7.03. The standard InChI is InChI=1S/C20H20N6O/c1-12(2)18-24-19(21-14-6-4-3-5-7-14)26-20(25-18)22-15-9-8-13-10-17(27)23-16(13)11-15/h3-9,11-12H,10H2,1-2H3,(H,23,27)(H2,21,22,24,25,26). The van der Waals surface area contributed by atoms with Crippen molar-refractivity contribution in [3.63, 3.8) is 0 Å². The van der Waals surface area contributed by atoms with Gasteiger partial charge in [-0.15, -0.1) is 0 Å². The molecule has 1 aromatic heterocycles. The van der Waals surface area contributed by atoms with Gasteiger partial charge in [-0.3, -0.25) is 4.79 Å². The van der Waals surface area contributed by atoms with Crippen LogP contribution in [0.1, 0.15) is 31.2 Å². The summed E-state index contributed by atoms with van der Waals surface area (Å²) >= 11 is 0. The van der Waals surface area contributed by atoms with Gasteiger partial charge >= 0.3 is 0 Å². The van der Waals surface area contributed by atoms with Crippen LogP contribution in [0.3, 0.4) is 0 Å². The van der Waals surface area contributed by atoms with Gasteiger partial charge in [0.25, 0.3) is 0 Å². The van der Waals surface area contributed by atoms with Gasteiger partial charge in [-0.05, 0) is 29.8 Å². The fourth-order valence-corrected chi connectivity index (χ4v) is 2.83. The molecule has 0 atom stereocenters. The molecular formula is C20H20N6O. The second-order valence-electron chi connectivity index (χ2n) is 6.71. The maximum absolute atomic E-state index is 11.5. The first-order chi connectivity index (χ1) is 13.1. The molecule has 0 saturated carbocycles. The van der Waals surface area contributed by atoms with Crippen molar-refractivity contribution in [2.45, 2.75) is 26.2 Å². The van der Waals surface area contributed by atoms with E-state index in [1.807, 2.05) is 62.4 Å². The molecule has 27 heavy (non-hydrogen) atoms. The van der Waals surface area contributed by atoms with Crippen LogP contribution in [0.4, 0.5) is 29.0 Å². The van der Waals surface area contributed by atoms with Gasteiger partial charge in [0.2, 0.25) is 17.8 Å². The fraction of sp³-hybridized carbons (Fsp3) is 0.200. The van der Waals surface area contributed by atoms with Crippen LogP contribution < -0.4 is 16.0 Å². The first-order valence-electron chi connectivity index (χ1n) is 8.84. The molecule has 7 heteroatoms. The zero-order chi connectivity index (χ0) is 18.8. The van der Waals surface area contributed by atoms with Gasteiger partial charge in [0.05, 0.1) is 6.42 Å². The number of benzene rings is 2. The number of hydrogen-bond acceptors (Lipinski definition) is 6. The van der Waals surface area contributed by atoms with E-state index in [1.165, 1.54) is 0 Å². The summed E-state index contributed by atoms with van der Waals surface area (Å²) in [6.07, 6.45) is 0.421. The van der Waals surface area contributed by atoms with Crippen molar-refractivity contribution < 1.29 is 4.79 Å². The number of aromatic nitrogens is 3. The molecular weight excluding hydrogens is 340 g/mol. The summed E-state index contributed by atoms with van der Waals surface area (Å²) < 4.78 is 0. The summed E-state index contributed by atoms with van der Waals surface area (Å²) in [5, 5.41) is 9.28. The summed E-state index contributed by atoms with van der Waals surface area (Å²) in [5.74, 6) is 1.80. The van der Waals surface area contributed by atoms with Gasteiger partial charge in [-0.1, -0.05) is 38.1 Å². The highest BCUT2D eigenvalue weighted by Crippen LogP contribution is 2.28. The van der Waals surface area contributed by atoms with E-state index in [4.69, 9.17) is 0 Å². The normalized spacial score (nSPS) is 12.6. The minimum atomic E-state index is 0.0127. The van der Waals surface area contributed by atoms with E-state index in [0.29, 0.717) is 24.1 Å². The molecule has 0 radical (unpaired) electrons. The van der Waals surface area contributed by atoms with Crippen LogP contribution in [0, 0.1) is 0 Å². The maximum Gasteiger partial charge on any atom is 0.232 e. The number of nitrogens with zero attached hydrogens (tertiary/aromatic N) is 3. The number of anilines is 5. The Balaban J connectivity index is 1.62. The number of carbonyl (C=O) groups is 1. The average Bonchev–Trinajstić information content (AvgIpc) is 3.01. The van der Waals surface area contributed by atoms with Crippen LogP contribution in [-0.2, 0) is 11.2 Å². The van der Waals surface area contributed by atoms with Crippen LogP contribution in [0.2, 0.25) is 0 Å². The number of carbonyl (C=O) groups excluding carboxylic acids is 1. The molecule has 4 rings (SSSR count). The van der Waals surface area contributed by atoms with Crippen molar-refractivity contribution in [2.75, 3.05) is 16.0 Å². The Morgan fingerprint density at radius 2 is 1.63 bits per heavy atom. The van der Waals surface area contributed by atoms with Crippen molar-refractivity contribution in [1.29, 1.82) is 0 Å². The van der Waals surface area contributed by atoms with E-state index in [9.17, 15) is 4.79 Å². The van der Waals surface area contributed by atoms with Crippen LogP contribution >= 0.6 is 0 Å². The number of nitrogens with one attached hydrogen (secondary N) is 3. The highest BCUT2D eigenvalue weighted by Gasteiger charge is 2.18. The summed E-state index contributed by atoms with van der Waals surface area (Å²) in [7, 11) is 0. The number of hydrogen-bond donors (Lipinski definition) is 3. The van der Waals surface area contributed by atoms with Crippen LogP contribution in [0.5, 0.6) is 0 Å². The van der Waals surface area contributed by atoms with Crippen molar-refractivity contribution in [3.8, 4) is 0 Å². The Morgan fingerprint density at radius 1 is 0.926 bits per heavy atom. The fourth-order valence-electron chi connectivity index (χ4n) is 2.83. The maximum atomic E-state index is 11.5. The zero-order valence-corrected chi connectivity index (χ0v) is 15.2. The molecule has 2 aromatic carbocycles. The Kier molecular flexibility index (Phi) is 4.42. The molecule has 0 fully saturated rings. The lowest BCUT2D eigenvalue weighted by molar-refractivity contribution is -0.115. The lowest BCUT2D eigenvalue weighted by Crippen LogP contribution is -2.08. The van der Waals surface area contributed by atoms with Crippen LogP contribution in [-0.4, -0.2) is 20.9 Å². The van der Waals surface area contributed by atoms with E-state index in [1.54, 1.807) is 0 Å². The van der Waals surface area contributed by atoms with Crippen molar-refractivity contribution >= 4 is 34.9 Å². The highest BCUT2D eigenvalue weighted by atomic mass is 16.1. The molecule has 2 heterocycles. The Labute approximate surface area is 157 Å². The van der Waals surface area contributed by atoms with Crippen LogP contribution in [0.15, 0.2) is 48.5 Å². The quantitative estimate of drug-likeness (QED) is 0.637. The summed E-state index contributed by atoms with van der Waals surface area (Å²) in [4.78, 5) is 25.0. The topological polar surface area (TPSA) is 91.8 Å². The minimum absolute atomic E-state index is 0.0127. The van der Waals surface area contributed by atoms with Gasteiger partial charge in [0, 0.05) is 23.0 Å². The zero-order valence-electron chi connectivity index (χ0n) is 15.2. The van der Waals surface area contributed by atoms with Crippen molar-refractivity contribution in [2.24, 2.45) is 0 Å². The van der Waals surface area contributed by atoms with Gasteiger partial charge in [-0.2, -0.15) is 15.0 Å². The number of para-hydroxylation sites is 1. The number of fused-ring (bicyclic) bond motifs is 1. The molecule has 1 amide bonds. The third-order valence-corrected chi connectivity index (χ3v) is 4.19. The van der Waals surface area contributed by atoms with E-state index in [0.717, 1.165) is 22.6 Å². The molecule has 0 aliphatic carbocycles. The van der Waals surface area contributed by atoms with Gasteiger partial charge in [-0.25, -0.2) is 0 Å². The Bertz CT molecular complexity index is 987. The van der Waals surface area contributed by atoms with E-state index in [2.05, 4.69) is 30.9 Å². The molecule has 136 valence electrons. The van der Waals surface area contributed by atoms with Crippen molar-refractivity contribution in [3.05, 3.63) is 59.9 Å². The van der Waals surface area contributed by atoms with Gasteiger partial charge in [0.15, 0.2) is 0 Å². The van der Waals surface area contributed by atoms with E-state index < -0.39 is 0 Å². The largest absolute Gasteiger partial charge is 0.325 e. The molecule has 0 spiro atoms. The van der Waals surface area contributed by atoms with E-state index in [-0.39, 0.29) is 11.8 Å². The molecule has 7 nitrogen and oxygen atoms in total. The lowest BCUT2D eigenvalue weighted by atomic mass is 10.1. The molecule has 0 unspecified atom stereocenters. The second-order valence-corrected chi connectivity index (χ2v) is 6.71. The smallest absolute Gasteiger partial charge is 0.232 e. The minimum Gasteiger partial charge on any atom is -0.325 e. The Hall–Kier alpha value is -3.48. The number of rotatable bonds is 5. The first kappa shape index (κ1) is 17.0. The summed E-state index contributed by atoms with van der Waals surface area (Å²) in [6.45, 7) is 4.08. The molecule has 1 aliphatic rings. The van der Waals surface area contributed by atoms with Crippen LogP contribution in [0.25, 0.3) is 0 Å². The molecule has 3 aromatic rings. The average molecular weight is 360 g/mol. The predicted molar refractivity (Wildman–Crippen MR) is 106 cm³/mol. The predicted octanol–water partition coefficient (Wildman–Crippen LogP) is 3.98. The summed E-state index contributed by atoms with van der Waals surface area (Å²) in [5.41, 5.74) is 3.54. The van der Waals surface area contributed by atoms with Crippen molar-refractivity contribution in [1.82, 2.24) is 15.0 Å². The lowest BCUT2D eigenvalue weighted by Gasteiger charge is -2.12. The highest BCUT2D eigenvalue weighted by molar-refractivity contribution is 5.99. The third-order valence-electron chi connectivity index (χ3n) is 4.19. The first-order valence-corrected chi connectivity index (χ1v) is 8.84. The monoisotopic (exact) mass is 360 g/mol.